The maximum atomic E-state index is 11.8. The summed E-state index contributed by atoms with van der Waals surface area (Å²) < 4.78 is 8.16. The molecule has 0 radical (unpaired) electrons. The van der Waals surface area contributed by atoms with Crippen LogP contribution < -0.4 is 0 Å². The lowest BCUT2D eigenvalue weighted by atomic mass is 10.0. The van der Waals surface area contributed by atoms with Crippen LogP contribution in [0.4, 0.5) is 0 Å². The van der Waals surface area contributed by atoms with Crippen molar-refractivity contribution in [2.75, 3.05) is 13.7 Å². The fraction of sp³-hybridized carbons (Fsp3) is 0.118. The minimum Gasteiger partial charge on any atom is -0.466 e. The fourth-order valence-electron chi connectivity index (χ4n) is 1.51. The SMILES string of the molecule is COC(=O)COC=O.O=C(c1ccccc1)c1ccccc1. The minimum atomic E-state index is -0.558. The first-order chi connectivity index (χ1) is 10.7. The maximum absolute atomic E-state index is 11.8. The van der Waals surface area contributed by atoms with Crippen LogP contribution in [0.3, 0.4) is 0 Å². The summed E-state index contributed by atoms with van der Waals surface area (Å²) in [5.74, 6) is -0.483. The Balaban J connectivity index is 0.000000261. The highest BCUT2D eigenvalue weighted by Gasteiger charge is 2.06. The van der Waals surface area contributed by atoms with Gasteiger partial charge in [-0.3, -0.25) is 9.59 Å². The molecular formula is C17H16O5. The Kier molecular flexibility index (Phi) is 7.68. The molecule has 0 fully saturated rings. The molecule has 0 aliphatic rings. The fourth-order valence-corrected chi connectivity index (χ4v) is 1.51. The third kappa shape index (κ3) is 6.00. The molecule has 2 aromatic carbocycles. The van der Waals surface area contributed by atoms with E-state index in [2.05, 4.69) is 9.47 Å². The molecule has 0 bridgehead atoms. The largest absolute Gasteiger partial charge is 0.466 e. The smallest absolute Gasteiger partial charge is 0.343 e. The number of methoxy groups -OCH3 is 1. The molecule has 0 saturated heterocycles. The van der Waals surface area contributed by atoms with Crippen molar-refractivity contribution in [3.8, 4) is 0 Å². The summed E-state index contributed by atoms with van der Waals surface area (Å²) in [5, 5.41) is 0. The van der Waals surface area contributed by atoms with E-state index in [-0.39, 0.29) is 18.9 Å². The number of ketones is 1. The quantitative estimate of drug-likeness (QED) is 0.481. The lowest BCUT2D eigenvalue weighted by Gasteiger charge is -1.99. The van der Waals surface area contributed by atoms with Gasteiger partial charge in [0.25, 0.3) is 6.47 Å². The molecule has 0 atom stereocenters. The molecule has 0 aliphatic carbocycles. The van der Waals surface area contributed by atoms with E-state index in [0.29, 0.717) is 0 Å². The van der Waals surface area contributed by atoms with Gasteiger partial charge in [0.1, 0.15) is 0 Å². The van der Waals surface area contributed by atoms with Gasteiger partial charge in [-0.1, -0.05) is 60.7 Å². The van der Waals surface area contributed by atoms with E-state index in [1.165, 1.54) is 7.11 Å². The van der Waals surface area contributed by atoms with Crippen LogP contribution in [0, 0.1) is 0 Å². The Morgan fingerprint density at radius 1 is 0.909 bits per heavy atom. The molecule has 0 heterocycles. The Morgan fingerprint density at radius 3 is 1.73 bits per heavy atom. The van der Waals surface area contributed by atoms with Gasteiger partial charge in [-0.15, -0.1) is 0 Å². The second-order valence-corrected chi connectivity index (χ2v) is 4.04. The average Bonchev–Trinajstić information content (AvgIpc) is 2.61. The second-order valence-electron chi connectivity index (χ2n) is 4.04. The first-order valence-electron chi connectivity index (χ1n) is 6.46. The topological polar surface area (TPSA) is 69.7 Å². The Bertz CT molecular complexity index is 551. The minimum absolute atomic E-state index is 0.0752. The van der Waals surface area contributed by atoms with E-state index in [0.717, 1.165) is 11.1 Å². The predicted octanol–water partition coefficient (Wildman–Crippen LogP) is 2.25. The third-order valence-corrected chi connectivity index (χ3v) is 2.57. The highest BCUT2D eigenvalue weighted by molar-refractivity contribution is 6.08. The molecular weight excluding hydrogens is 284 g/mol. The first-order valence-corrected chi connectivity index (χ1v) is 6.46. The van der Waals surface area contributed by atoms with Crippen molar-refractivity contribution in [3.63, 3.8) is 0 Å². The predicted molar refractivity (Wildman–Crippen MR) is 80.3 cm³/mol. The van der Waals surface area contributed by atoms with Crippen LogP contribution in [0.5, 0.6) is 0 Å². The van der Waals surface area contributed by atoms with E-state index in [9.17, 15) is 14.4 Å². The van der Waals surface area contributed by atoms with Crippen LogP contribution in [0.25, 0.3) is 0 Å². The van der Waals surface area contributed by atoms with Gasteiger partial charge in [0.2, 0.25) is 0 Å². The van der Waals surface area contributed by atoms with Crippen molar-refractivity contribution in [3.05, 3.63) is 71.8 Å². The van der Waals surface area contributed by atoms with Crippen LogP contribution >= 0.6 is 0 Å². The number of hydrogen-bond acceptors (Lipinski definition) is 5. The number of rotatable bonds is 5. The highest BCUT2D eigenvalue weighted by Crippen LogP contribution is 2.08. The molecule has 2 aromatic rings. The van der Waals surface area contributed by atoms with Crippen molar-refractivity contribution in [1.29, 1.82) is 0 Å². The Labute approximate surface area is 128 Å². The second kappa shape index (κ2) is 9.88. The van der Waals surface area contributed by atoms with Crippen LogP contribution in [-0.4, -0.2) is 31.9 Å². The van der Waals surface area contributed by atoms with Crippen molar-refractivity contribution >= 4 is 18.2 Å². The van der Waals surface area contributed by atoms with Crippen molar-refractivity contribution in [2.45, 2.75) is 0 Å². The van der Waals surface area contributed by atoms with Crippen molar-refractivity contribution in [2.24, 2.45) is 0 Å². The van der Waals surface area contributed by atoms with Gasteiger partial charge in [0, 0.05) is 11.1 Å². The zero-order valence-corrected chi connectivity index (χ0v) is 12.1. The molecule has 0 aromatic heterocycles. The summed E-state index contributed by atoms with van der Waals surface area (Å²) in [6, 6.07) is 18.6. The van der Waals surface area contributed by atoms with Crippen molar-refractivity contribution < 1.29 is 23.9 Å². The van der Waals surface area contributed by atoms with E-state index >= 15 is 0 Å². The summed E-state index contributed by atoms with van der Waals surface area (Å²) in [5.41, 5.74) is 1.47. The Morgan fingerprint density at radius 2 is 1.36 bits per heavy atom. The molecule has 22 heavy (non-hydrogen) atoms. The lowest BCUT2D eigenvalue weighted by Crippen LogP contribution is -2.08. The normalized spacial score (nSPS) is 8.95. The standard InChI is InChI=1S/C13H10O.C4H6O4/c14-13(11-7-3-1-4-8-11)12-9-5-2-6-10-12;1-7-4(6)2-8-3-5/h1-10H;3H,2H2,1H3. The van der Waals surface area contributed by atoms with Crippen LogP contribution in [0.2, 0.25) is 0 Å². The summed E-state index contributed by atoms with van der Waals surface area (Å²) in [6.07, 6.45) is 0. The molecule has 0 amide bonds. The van der Waals surface area contributed by atoms with E-state index in [1.54, 1.807) is 0 Å². The monoisotopic (exact) mass is 300 g/mol. The number of benzene rings is 2. The summed E-state index contributed by atoms with van der Waals surface area (Å²) >= 11 is 0. The molecule has 114 valence electrons. The van der Waals surface area contributed by atoms with Gasteiger partial charge in [-0.2, -0.15) is 0 Å². The zero-order valence-electron chi connectivity index (χ0n) is 12.1. The summed E-state index contributed by atoms with van der Waals surface area (Å²) in [6.45, 7) is -0.114. The van der Waals surface area contributed by atoms with Gasteiger partial charge < -0.3 is 9.47 Å². The summed E-state index contributed by atoms with van der Waals surface area (Å²) in [4.78, 5) is 31.3. The third-order valence-electron chi connectivity index (χ3n) is 2.57. The number of ether oxygens (including phenoxy) is 2. The number of hydrogen-bond donors (Lipinski definition) is 0. The summed E-state index contributed by atoms with van der Waals surface area (Å²) in [7, 11) is 1.22. The molecule has 0 unspecified atom stereocenters. The van der Waals surface area contributed by atoms with E-state index < -0.39 is 5.97 Å². The Hall–Kier alpha value is -2.95. The average molecular weight is 300 g/mol. The van der Waals surface area contributed by atoms with Gasteiger partial charge in [0.05, 0.1) is 7.11 Å². The van der Waals surface area contributed by atoms with Crippen LogP contribution in [0.1, 0.15) is 15.9 Å². The van der Waals surface area contributed by atoms with E-state index in [1.807, 2.05) is 60.7 Å². The van der Waals surface area contributed by atoms with Gasteiger partial charge >= 0.3 is 5.97 Å². The lowest BCUT2D eigenvalue weighted by molar-refractivity contribution is -0.150. The molecule has 0 N–H and O–H groups in total. The molecule has 0 spiro atoms. The van der Waals surface area contributed by atoms with E-state index in [4.69, 9.17) is 0 Å². The van der Waals surface area contributed by atoms with Gasteiger partial charge in [-0.25, -0.2) is 4.79 Å². The molecule has 5 heteroatoms. The maximum Gasteiger partial charge on any atom is 0.343 e. The molecule has 0 saturated carbocycles. The van der Waals surface area contributed by atoms with Gasteiger partial charge in [0.15, 0.2) is 12.4 Å². The zero-order chi connectivity index (χ0) is 16.2. The first kappa shape index (κ1) is 17.1. The highest BCUT2D eigenvalue weighted by atomic mass is 16.6. The van der Waals surface area contributed by atoms with Crippen LogP contribution in [0.15, 0.2) is 60.7 Å². The van der Waals surface area contributed by atoms with Crippen LogP contribution in [-0.2, 0) is 19.1 Å². The number of carbonyl (C=O) groups is 3. The molecule has 2 rings (SSSR count). The van der Waals surface area contributed by atoms with Crippen molar-refractivity contribution in [1.82, 2.24) is 0 Å². The number of esters is 1. The molecule has 0 aliphatic heterocycles. The number of carbonyl (C=O) groups excluding carboxylic acids is 3. The molecule has 5 nitrogen and oxygen atoms in total. The van der Waals surface area contributed by atoms with Gasteiger partial charge in [-0.05, 0) is 0 Å².